The summed E-state index contributed by atoms with van der Waals surface area (Å²) in [5.74, 6) is 0.520. The standard InChI is InChI=1S/C18H23NO3/c1-4-9-22-15-7-8-16-13(11-15)10-14(18(20)21-6-3)12-19-17(16)5-2/h7-8,10-11H,4-6,9,12H2,1-3H3. The van der Waals surface area contributed by atoms with Gasteiger partial charge in [0.15, 0.2) is 0 Å². The highest BCUT2D eigenvalue weighted by atomic mass is 16.5. The van der Waals surface area contributed by atoms with Crippen molar-refractivity contribution < 1.29 is 14.3 Å². The van der Waals surface area contributed by atoms with Crippen LogP contribution in [0.5, 0.6) is 5.75 Å². The third-order valence-electron chi connectivity index (χ3n) is 3.45. The van der Waals surface area contributed by atoms with Crippen LogP contribution in [-0.2, 0) is 9.53 Å². The van der Waals surface area contributed by atoms with E-state index in [1.165, 1.54) is 0 Å². The topological polar surface area (TPSA) is 47.9 Å². The average molecular weight is 301 g/mol. The number of carbonyl (C=O) groups excluding carboxylic acids is 1. The molecule has 0 unspecified atom stereocenters. The molecule has 0 radical (unpaired) electrons. The van der Waals surface area contributed by atoms with E-state index >= 15 is 0 Å². The molecule has 22 heavy (non-hydrogen) atoms. The molecule has 1 aliphatic heterocycles. The lowest BCUT2D eigenvalue weighted by molar-refractivity contribution is -0.138. The lowest BCUT2D eigenvalue weighted by Crippen LogP contribution is -2.09. The number of hydrogen-bond donors (Lipinski definition) is 0. The molecule has 0 saturated carbocycles. The zero-order valence-corrected chi connectivity index (χ0v) is 13.5. The minimum absolute atomic E-state index is 0.297. The lowest BCUT2D eigenvalue weighted by Gasteiger charge is -2.10. The number of nitrogens with zero attached hydrogens (tertiary/aromatic N) is 1. The van der Waals surface area contributed by atoms with E-state index in [9.17, 15) is 4.79 Å². The summed E-state index contributed by atoms with van der Waals surface area (Å²) in [5.41, 5.74) is 3.62. The van der Waals surface area contributed by atoms with Crippen LogP contribution in [0.1, 0.15) is 44.7 Å². The van der Waals surface area contributed by atoms with Crippen LogP contribution in [0.2, 0.25) is 0 Å². The Balaban J connectivity index is 2.40. The largest absolute Gasteiger partial charge is 0.494 e. The maximum Gasteiger partial charge on any atom is 0.335 e. The first-order chi connectivity index (χ1) is 10.7. The van der Waals surface area contributed by atoms with Crippen LogP contribution in [0.3, 0.4) is 0 Å². The van der Waals surface area contributed by atoms with Gasteiger partial charge in [-0.2, -0.15) is 0 Å². The van der Waals surface area contributed by atoms with Crippen LogP contribution < -0.4 is 4.74 Å². The van der Waals surface area contributed by atoms with Gasteiger partial charge in [-0.3, -0.25) is 4.99 Å². The van der Waals surface area contributed by atoms with Gasteiger partial charge < -0.3 is 9.47 Å². The number of carbonyl (C=O) groups is 1. The van der Waals surface area contributed by atoms with Gasteiger partial charge in [-0.05, 0) is 49.6 Å². The Morgan fingerprint density at radius 2 is 2.09 bits per heavy atom. The number of esters is 1. The highest BCUT2D eigenvalue weighted by Crippen LogP contribution is 2.25. The van der Waals surface area contributed by atoms with Gasteiger partial charge in [-0.1, -0.05) is 13.8 Å². The van der Waals surface area contributed by atoms with Crippen molar-refractivity contribution >= 4 is 17.8 Å². The Bertz CT molecular complexity index is 602. The molecule has 0 fully saturated rings. The number of benzene rings is 1. The number of fused-ring (bicyclic) bond motifs is 1. The maximum atomic E-state index is 12.0. The van der Waals surface area contributed by atoms with Crippen molar-refractivity contribution in [3.63, 3.8) is 0 Å². The van der Waals surface area contributed by atoms with E-state index in [0.717, 1.165) is 35.4 Å². The van der Waals surface area contributed by atoms with E-state index in [4.69, 9.17) is 9.47 Å². The smallest absolute Gasteiger partial charge is 0.335 e. The second kappa shape index (κ2) is 7.78. The molecule has 1 aromatic carbocycles. The number of rotatable bonds is 6. The summed E-state index contributed by atoms with van der Waals surface area (Å²) < 4.78 is 10.8. The summed E-state index contributed by atoms with van der Waals surface area (Å²) in [6, 6.07) is 5.96. The van der Waals surface area contributed by atoms with Crippen molar-refractivity contribution in [1.82, 2.24) is 0 Å². The second-order valence-corrected chi connectivity index (χ2v) is 5.10. The van der Waals surface area contributed by atoms with Crippen LogP contribution in [0.25, 0.3) is 6.08 Å². The van der Waals surface area contributed by atoms with Gasteiger partial charge in [-0.15, -0.1) is 0 Å². The molecule has 4 nitrogen and oxygen atoms in total. The Labute approximate surface area is 131 Å². The summed E-state index contributed by atoms with van der Waals surface area (Å²) in [6.45, 7) is 7.36. The van der Waals surface area contributed by atoms with Crippen LogP contribution in [0.4, 0.5) is 0 Å². The average Bonchev–Trinajstić information content (AvgIpc) is 2.71. The van der Waals surface area contributed by atoms with E-state index in [2.05, 4.69) is 18.8 Å². The summed E-state index contributed by atoms with van der Waals surface area (Å²) >= 11 is 0. The molecule has 4 heteroatoms. The van der Waals surface area contributed by atoms with Crippen molar-refractivity contribution in [3.05, 3.63) is 34.9 Å². The first kappa shape index (κ1) is 16.3. The summed E-state index contributed by atoms with van der Waals surface area (Å²) in [7, 11) is 0. The summed E-state index contributed by atoms with van der Waals surface area (Å²) in [5, 5.41) is 0. The predicted octanol–water partition coefficient (Wildman–Crippen LogP) is 3.63. The third-order valence-corrected chi connectivity index (χ3v) is 3.45. The molecule has 0 saturated heterocycles. The molecule has 1 aliphatic rings. The van der Waals surface area contributed by atoms with Gasteiger partial charge in [0.25, 0.3) is 0 Å². The van der Waals surface area contributed by atoms with Gasteiger partial charge >= 0.3 is 5.97 Å². The van der Waals surface area contributed by atoms with Crippen molar-refractivity contribution in [3.8, 4) is 5.75 Å². The molecule has 0 amide bonds. The number of hydrogen-bond acceptors (Lipinski definition) is 4. The molecule has 0 atom stereocenters. The van der Waals surface area contributed by atoms with Crippen molar-refractivity contribution in [1.29, 1.82) is 0 Å². The minimum atomic E-state index is -0.297. The fraction of sp³-hybridized carbons (Fsp3) is 0.444. The normalized spacial score (nSPS) is 13.6. The van der Waals surface area contributed by atoms with E-state index in [0.29, 0.717) is 25.3 Å². The van der Waals surface area contributed by atoms with Crippen molar-refractivity contribution in [2.45, 2.75) is 33.6 Å². The highest BCUT2D eigenvalue weighted by molar-refractivity contribution is 6.07. The number of ether oxygens (including phenoxy) is 2. The predicted molar refractivity (Wildman–Crippen MR) is 88.5 cm³/mol. The SMILES string of the molecule is CCCOc1ccc2c(c1)C=C(C(=O)OCC)CN=C2CC. The van der Waals surface area contributed by atoms with Gasteiger partial charge in [-0.25, -0.2) is 4.79 Å². The van der Waals surface area contributed by atoms with E-state index in [1.807, 2.05) is 24.3 Å². The molecular weight excluding hydrogens is 278 g/mol. The van der Waals surface area contributed by atoms with Crippen LogP contribution in [0, 0.1) is 0 Å². The molecule has 1 aromatic rings. The second-order valence-electron chi connectivity index (χ2n) is 5.10. The van der Waals surface area contributed by atoms with Gasteiger partial charge in [0.1, 0.15) is 5.75 Å². The zero-order valence-electron chi connectivity index (χ0n) is 13.5. The van der Waals surface area contributed by atoms with Gasteiger partial charge in [0.05, 0.1) is 25.3 Å². The lowest BCUT2D eigenvalue weighted by atomic mass is 10.00. The Kier molecular flexibility index (Phi) is 5.75. The fourth-order valence-electron chi connectivity index (χ4n) is 2.38. The molecule has 0 spiro atoms. The molecule has 0 aromatic heterocycles. The fourth-order valence-corrected chi connectivity index (χ4v) is 2.38. The molecule has 0 N–H and O–H groups in total. The third kappa shape index (κ3) is 3.75. The van der Waals surface area contributed by atoms with Gasteiger partial charge in [0.2, 0.25) is 0 Å². The molecular formula is C18H23NO3. The molecule has 118 valence electrons. The van der Waals surface area contributed by atoms with E-state index < -0.39 is 0 Å². The van der Waals surface area contributed by atoms with Gasteiger partial charge in [0, 0.05) is 11.3 Å². The van der Waals surface area contributed by atoms with Crippen molar-refractivity contribution in [2.75, 3.05) is 19.8 Å². The van der Waals surface area contributed by atoms with Crippen LogP contribution >= 0.6 is 0 Å². The quantitative estimate of drug-likeness (QED) is 0.754. The number of aliphatic imine (C=N–C) groups is 1. The monoisotopic (exact) mass is 301 g/mol. The first-order valence-electron chi connectivity index (χ1n) is 7.87. The summed E-state index contributed by atoms with van der Waals surface area (Å²) in [6.07, 6.45) is 3.66. The van der Waals surface area contributed by atoms with Crippen LogP contribution in [-0.4, -0.2) is 31.4 Å². The van der Waals surface area contributed by atoms with Crippen LogP contribution in [0.15, 0.2) is 28.8 Å². The molecule has 1 heterocycles. The molecule has 0 bridgehead atoms. The molecule has 0 aliphatic carbocycles. The Hall–Kier alpha value is -2.10. The minimum Gasteiger partial charge on any atom is -0.494 e. The van der Waals surface area contributed by atoms with E-state index in [-0.39, 0.29) is 5.97 Å². The summed E-state index contributed by atoms with van der Waals surface area (Å²) in [4.78, 5) is 16.6. The van der Waals surface area contributed by atoms with E-state index in [1.54, 1.807) is 6.92 Å². The van der Waals surface area contributed by atoms with Crippen molar-refractivity contribution in [2.24, 2.45) is 4.99 Å². The molecule has 2 rings (SSSR count). The first-order valence-corrected chi connectivity index (χ1v) is 7.87. The maximum absolute atomic E-state index is 12.0. The Morgan fingerprint density at radius 1 is 1.27 bits per heavy atom. The zero-order chi connectivity index (χ0) is 15.9. The highest BCUT2D eigenvalue weighted by Gasteiger charge is 2.17. The Morgan fingerprint density at radius 3 is 2.77 bits per heavy atom.